The lowest BCUT2D eigenvalue weighted by molar-refractivity contribution is -0.123. The molecule has 0 radical (unpaired) electrons. The number of piperidine rings is 1. The minimum absolute atomic E-state index is 0.111. The van der Waals surface area contributed by atoms with E-state index < -0.39 is 0 Å². The second-order valence-corrected chi connectivity index (χ2v) is 11.5. The molecular formula is C29H39N7O3. The molecule has 1 atom stereocenters. The summed E-state index contributed by atoms with van der Waals surface area (Å²) < 4.78 is 5.64. The molecule has 1 saturated heterocycles. The van der Waals surface area contributed by atoms with Gasteiger partial charge in [0, 0.05) is 37.8 Å². The average Bonchev–Trinajstić information content (AvgIpc) is 3.77. The minimum Gasteiger partial charge on any atom is -0.495 e. The summed E-state index contributed by atoms with van der Waals surface area (Å²) in [5, 5.41) is 9.74. The van der Waals surface area contributed by atoms with Gasteiger partial charge in [0.15, 0.2) is 5.82 Å². The number of nitrogens with one attached hydrogen (secondary N) is 3. The van der Waals surface area contributed by atoms with Gasteiger partial charge in [0.05, 0.1) is 24.4 Å². The molecule has 2 aliphatic carbocycles. The molecule has 10 nitrogen and oxygen atoms in total. The van der Waals surface area contributed by atoms with Crippen molar-refractivity contribution < 1.29 is 14.3 Å². The Morgan fingerprint density at radius 2 is 1.97 bits per heavy atom. The van der Waals surface area contributed by atoms with Crippen molar-refractivity contribution in [3.8, 4) is 5.75 Å². The van der Waals surface area contributed by atoms with E-state index in [-0.39, 0.29) is 23.3 Å². The first-order chi connectivity index (χ1) is 19.0. The fourth-order valence-electron chi connectivity index (χ4n) is 6.33. The Morgan fingerprint density at radius 1 is 1.15 bits per heavy atom. The van der Waals surface area contributed by atoms with Gasteiger partial charge in [0.25, 0.3) is 5.91 Å². The van der Waals surface area contributed by atoms with Crippen LogP contribution in [0.15, 0.2) is 24.4 Å². The van der Waals surface area contributed by atoms with Crippen molar-refractivity contribution in [2.24, 2.45) is 5.41 Å². The van der Waals surface area contributed by atoms with Crippen molar-refractivity contribution in [1.29, 1.82) is 0 Å². The summed E-state index contributed by atoms with van der Waals surface area (Å²) in [6.07, 6.45) is 11.6. The Morgan fingerprint density at radius 3 is 2.69 bits per heavy atom. The smallest absolute Gasteiger partial charge is 0.251 e. The minimum atomic E-state index is -0.298. The molecule has 0 bridgehead atoms. The van der Waals surface area contributed by atoms with E-state index in [9.17, 15) is 9.59 Å². The first-order valence-corrected chi connectivity index (χ1v) is 14.4. The van der Waals surface area contributed by atoms with Crippen molar-refractivity contribution in [2.45, 2.75) is 69.9 Å². The number of hydrogen-bond acceptors (Lipinski definition) is 8. The summed E-state index contributed by atoms with van der Waals surface area (Å²) in [5.74, 6) is 1.85. The van der Waals surface area contributed by atoms with Crippen LogP contribution in [0.25, 0.3) is 0 Å². The van der Waals surface area contributed by atoms with Gasteiger partial charge >= 0.3 is 0 Å². The molecule has 1 aromatic carbocycles. The van der Waals surface area contributed by atoms with E-state index in [1.807, 2.05) is 13.1 Å². The lowest BCUT2D eigenvalue weighted by Gasteiger charge is -2.36. The number of aromatic nitrogens is 2. The topological polar surface area (TPSA) is 112 Å². The first-order valence-electron chi connectivity index (χ1n) is 14.4. The predicted octanol–water partition coefficient (Wildman–Crippen LogP) is 3.61. The van der Waals surface area contributed by atoms with Crippen LogP contribution >= 0.6 is 0 Å². The Bertz CT molecular complexity index is 1240. The van der Waals surface area contributed by atoms with E-state index in [4.69, 9.17) is 9.72 Å². The van der Waals surface area contributed by atoms with E-state index in [1.54, 1.807) is 30.3 Å². The molecule has 10 heteroatoms. The number of methoxy groups -OCH3 is 1. The SMILES string of the molecule is COc1cc(C(=O)N[C@@H]2CCCNC2)ccc1Nc1ncc2c(n1)N(C1CCCCC1)CC1(CC1)C(=O)N2C. The fourth-order valence-corrected chi connectivity index (χ4v) is 6.33. The molecule has 39 heavy (non-hydrogen) atoms. The number of nitrogens with zero attached hydrogens (tertiary/aromatic N) is 4. The van der Waals surface area contributed by atoms with E-state index in [1.165, 1.54) is 19.3 Å². The molecular weight excluding hydrogens is 494 g/mol. The summed E-state index contributed by atoms with van der Waals surface area (Å²) >= 11 is 0. The standard InChI is InChI=1S/C29H39N7O3/c1-35-23-17-31-28(34-25(23)36(21-8-4-3-5-9-21)18-29(12-13-29)27(35)38)33-22-11-10-19(15-24(22)39-2)26(37)32-20-7-6-14-30-16-20/h10-11,15,17,20-21,30H,3-9,12-14,16,18H2,1-2H3,(H,32,37)(H,31,33,34)/t20-/m1/s1. The van der Waals surface area contributed by atoms with Gasteiger partial charge in [-0.3, -0.25) is 9.59 Å². The van der Waals surface area contributed by atoms with Crippen LogP contribution in [0.2, 0.25) is 0 Å². The quantitative estimate of drug-likeness (QED) is 0.517. The lowest BCUT2D eigenvalue weighted by Crippen LogP contribution is -2.45. The molecule has 3 N–H and O–H groups in total. The van der Waals surface area contributed by atoms with Gasteiger partial charge in [-0.15, -0.1) is 0 Å². The normalized spacial score (nSPS) is 22.7. The van der Waals surface area contributed by atoms with Crippen LogP contribution in [0, 0.1) is 5.41 Å². The molecule has 4 aliphatic rings. The number of amides is 2. The van der Waals surface area contributed by atoms with Gasteiger partial charge in [0.1, 0.15) is 11.4 Å². The summed E-state index contributed by atoms with van der Waals surface area (Å²) in [7, 11) is 3.43. The number of fused-ring (bicyclic) bond motifs is 1. The Labute approximate surface area is 229 Å². The molecule has 2 aliphatic heterocycles. The van der Waals surface area contributed by atoms with Gasteiger partial charge in [-0.2, -0.15) is 4.98 Å². The maximum absolute atomic E-state index is 13.4. The van der Waals surface area contributed by atoms with Crippen LogP contribution in [0.1, 0.15) is 68.1 Å². The highest BCUT2D eigenvalue weighted by Crippen LogP contribution is 2.52. The van der Waals surface area contributed by atoms with Crippen LogP contribution < -0.4 is 30.5 Å². The molecule has 1 aromatic heterocycles. The summed E-state index contributed by atoms with van der Waals surface area (Å²) in [4.78, 5) is 39.9. The van der Waals surface area contributed by atoms with Crippen molar-refractivity contribution in [1.82, 2.24) is 20.6 Å². The van der Waals surface area contributed by atoms with E-state index in [0.717, 1.165) is 63.1 Å². The van der Waals surface area contributed by atoms with Gasteiger partial charge in [-0.05, 0) is 63.3 Å². The van der Waals surface area contributed by atoms with Crippen LogP contribution in [0.3, 0.4) is 0 Å². The molecule has 1 spiro atoms. The lowest BCUT2D eigenvalue weighted by atomic mass is 9.93. The van der Waals surface area contributed by atoms with E-state index in [2.05, 4.69) is 25.8 Å². The van der Waals surface area contributed by atoms with Crippen LogP contribution in [0.4, 0.5) is 23.1 Å². The molecule has 2 saturated carbocycles. The zero-order valence-corrected chi connectivity index (χ0v) is 23.0. The van der Waals surface area contributed by atoms with Gasteiger partial charge in [0.2, 0.25) is 11.9 Å². The number of ether oxygens (including phenoxy) is 1. The van der Waals surface area contributed by atoms with E-state index in [0.29, 0.717) is 35.5 Å². The molecule has 0 unspecified atom stereocenters. The molecule has 208 valence electrons. The highest BCUT2D eigenvalue weighted by atomic mass is 16.5. The molecule has 2 amide bonds. The predicted molar refractivity (Wildman–Crippen MR) is 151 cm³/mol. The zero-order valence-electron chi connectivity index (χ0n) is 23.0. The highest BCUT2D eigenvalue weighted by molar-refractivity contribution is 6.03. The Balaban J connectivity index is 1.26. The number of anilines is 4. The third kappa shape index (κ3) is 5.14. The summed E-state index contributed by atoms with van der Waals surface area (Å²) in [6, 6.07) is 5.88. The molecule has 2 aromatic rings. The van der Waals surface area contributed by atoms with E-state index >= 15 is 0 Å². The zero-order chi connectivity index (χ0) is 27.0. The van der Waals surface area contributed by atoms with Crippen molar-refractivity contribution in [3.63, 3.8) is 0 Å². The van der Waals surface area contributed by atoms with Crippen molar-refractivity contribution in [3.05, 3.63) is 30.0 Å². The first kappa shape index (κ1) is 25.9. The fraction of sp³-hybridized carbons (Fsp3) is 0.586. The van der Waals surface area contributed by atoms with Gasteiger partial charge < -0.3 is 30.5 Å². The molecule has 6 rings (SSSR count). The molecule has 3 fully saturated rings. The Hall–Kier alpha value is -3.40. The second-order valence-electron chi connectivity index (χ2n) is 11.5. The number of hydrogen-bond donors (Lipinski definition) is 3. The van der Waals surface area contributed by atoms with Gasteiger partial charge in [-0.25, -0.2) is 4.98 Å². The molecule has 3 heterocycles. The van der Waals surface area contributed by atoms with Gasteiger partial charge in [-0.1, -0.05) is 19.3 Å². The number of carbonyl (C=O) groups is 2. The summed E-state index contributed by atoms with van der Waals surface area (Å²) in [6.45, 7) is 2.50. The third-order valence-corrected chi connectivity index (χ3v) is 8.83. The number of benzene rings is 1. The summed E-state index contributed by atoms with van der Waals surface area (Å²) in [5.41, 5.74) is 1.68. The Kier molecular flexibility index (Phi) is 7.05. The number of carbonyl (C=O) groups excluding carboxylic acids is 2. The largest absolute Gasteiger partial charge is 0.495 e. The maximum atomic E-state index is 13.4. The second kappa shape index (κ2) is 10.6. The van der Waals surface area contributed by atoms with Crippen molar-refractivity contribution in [2.75, 3.05) is 48.9 Å². The number of rotatable bonds is 6. The van der Waals surface area contributed by atoms with Crippen LogP contribution in [-0.4, -0.2) is 67.7 Å². The highest BCUT2D eigenvalue weighted by Gasteiger charge is 2.55. The van der Waals surface area contributed by atoms with Crippen LogP contribution in [0.5, 0.6) is 5.75 Å². The third-order valence-electron chi connectivity index (χ3n) is 8.83. The van der Waals surface area contributed by atoms with Crippen molar-refractivity contribution >= 4 is 35.0 Å². The average molecular weight is 534 g/mol. The monoisotopic (exact) mass is 533 g/mol. The van der Waals surface area contributed by atoms with Crippen LogP contribution in [-0.2, 0) is 4.79 Å². The maximum Gasteiger partial charge on any atom is 0.251 e.